The molecule has 1 aromatic rings. The molecule has 1 saturated heterocycles. The number of aliphatic carboxylic acids is 1. The standard InChI is InChI=1S/C11H11NO3/c13-10-9(11(14)15)6-7-12(10)8-4-2-1-3-5-8/h1-5,9H,6-7H2,(H,14,15)/t9-/m1/s1. The van der Waals surface area contributed by atoms with Crippen LogP contribution in [0.2, 0.25) is 0 Å². The van der Waals surface area contributed by atoms with Gasteiger partial charge in [0.1, 0.15) is 5.92 Å². The number of carboxylic acids is 1. The lowest BCUT2D eigenvalue weighted by atomic mass is 10.1. The third kappa shape index (κ3) is 1.70. The highest BCUT2D eigenvalue weighted by Crippen LogP contribution is 2.24. The Hall–Kier alpha value is -1.84. The molecule has 1 aromatic carbocycles. The number of amides is 1. The first kappa shape index (κ1) is 9.71. The molecule has 1 heterocycles. The summed E-state index contributed by atoms with van der Waals surface area (Å²) in [5.74, 6) is -2.21. The van der Waals surface area contributed by atoms with E-state index in [2.05, 4.69) is 0 Å². The Morgan fingerprint density at radius 2 is 2.00 bits per heavy atom. The minimum atomic E-state index is -1.03. The lowest BCUT2D eigenvalue weighted by Crippen LogP contribution is -2.29. The first-order chi connectivity index (χ1) is 7.20. The number of anilines is 1. The molecule has 1 atom stereocenters. The SMILES string of the molecule is O=C(O)[C@@H]1CCN(c2ccccc2)C1=O. The predicted molar refractivity (Wildman–Crippen MR) is 54.5 cm³/mol. The van der Waals surface area contributed by atoms with Crippen molar-refractivity contribution in [3.63, 3.8) is 0 Å². The van der Waals surface area contributed by atoms with Crippen LogP contribution in [0.1, 0.15) is 6.42 Å². The van der Waals surface area contributed by atoms with E-state index in [0.717, 1.165) is 5.69 Å². The van der Waals surface area contributed by atoms with E-state index in [1.54, 1.807) is 0 Å². The van der Waals surface area contributed by atoms with Gasteiger partial charge in [0.2, 0.25) is 5.91 Å². The summed E-state index contributed by atoms with van der Waals surface area (Å²) in [4.78, 5) is 24.0. The van der Waals surface area contributed by atoms with Crippen LogP contribution in [0.5, 0.6) is 0 Å². The first-order valence-corrected chi connectivity index (χ1v) is 4.79. The monoisotopic (exact) mass is 205 g/mol. The molecule has 1 amide bonds. The van der Waals surface area contributed by atoms with Crippen molar-refractivity contribution in [2.45, 2.75) is 6.42 Å². The van der Waals surface area contributed by atoms with Crippen LogP contribution < -0.4 is 4.90 Å². The highest BCUT2D eigenvalue weighted by atomic mass is 16.4. The van der Waals surface area contributed by atoms with Crippen molar-refractivity contribution in [2.24, 2.45) is 5.92 Å². The normalized spacial score (nSPS) is 20.7. The number of carbonyl (C=O) groups is 2. The molecule has 2 rings (SSSR count). The summed E-state index contributed by atoms with van der Waals surface area (Å²) >= 11 is 0. The maximum absolute atomic E-state index is 11.7. The zero-order chi connectivity index (χ0) is 10.8. The zero-order valence-electron chi connectivity index (χ0n) is 8.09. The summed E-state index contributed by atoms with van der Waals surface area (Å²) < 4.78 is 0. The van der Waals surface area contributed by atoms with Gasteiger partial charge in [-0.2, -0.15) is 0 Å². The fourth-order valence-electron chi connectivity index (χ4n) is 1.77. The zero-order valence-corrected chi connectivity index (χ0v) is 8.09. The molecule has 1 aliphatic heterocycles. The number of para-hydroxylation sites is 1. The number of hydrogen-bond acceptors (Lipinski definition) is 2. The Morgan fingerprint density at radius 1 is 1.33 bits per heavy atom. The van der Waals surface area contributed by atoms with E-state index >= 15 is 0 Å². The smallest absolute Gasteiger partial charge is 0.316 e. The predicted octanol–water partition coefficient (Wildman–Crippen LogP) is 1.12. The van der Waals surface area contributed by atoms with Crippen molar-refractivity contribution in [1.82, 2.24) is 0 Å². The van der Waals surface area contributed by atoms with Crippen molar-refractivity contribution >= 4 is 17.6 Å². The van der Waals surface area contributed by atoms with Gasteiger partial charge in [-0.3, -0.25) is 9.59 Å². The van der Waals surface area contributed by atoms with Gasteiger partial charge in [-0.15, -0.1) is 0 Å². The summed E-state index contributed by atoms with van der Waals surface area (Å²) in [6, 6.07) is 9.14. The van der Waals surface area contributed by atoms with E-state index in [4.69, 9.17) is 5.11 Å². The molecule has 0 spiro atoms. The lowest BCUT2D eigenvalue weighted by molar-refractivity contribution is -0.144. The minimum absolute atomic E-state index is 0.311. The molecule has 4 heteroatoms. The number of rotatable bonds is 2. The third-order valence-electron chi connectivity index (χ3n) is 2.57. The molecule has 78 valence electrons. The Kier molecular flexibility index (Phi) is 2.41. The van der Waals surface area contributed by atoms with E-state index in [1.807, 2.05) is 30.3 Å². The van der Waals surface area contributed by atoms with Crippen LogP contribution in [0.4, 0.5) is 5.69 Å². The molecule has 1 fully saturated rings. The number of nitrogens with zero attached hydrogens (tertiary/aromatic N) is 1. The van der Waals surface area contributed by atoms with Crippen LogP contribution >= 0.6 is 0 Å². The molecular formula is C11H11NO3. The number of hydrogen-bond donors (Lipinski definition) is 1. The topological polar surface area (TPSA) is 57.6 Å². The van der Waals surface area contributed by atoms with Gasteiger partial charge in [-0.25, -0.2) is 0 Å². The molecule has 0 unspecified atom stereocenters. The highest BCUT2D eigenvalue weighted by molar-refractivity contribution is 6.07. The second-order valence-electron chi connectivity index (χ2n) is 3.50. The highest BCUT2D eigenvalue weighted by Gasteiger charge is 2.37. The first-order valence-electron chi connectivity index (χ1n) is 4.79. The van der Waals surface area contributed by atoms with E-state index in [0.29, 0.717) is 13.0 Å². The largest absolute Gasteiger partial charge is 0.481 e. The maximum Gasteiger partial charge on any atom is 0.316 e. The van der Waals surface area contributed by atoms with Gasteiger partial charge in [-0.1, -0.05) is 18.2 Å². The van der Waals surface area contributed by atoms with Crippen molar-refractivity contribution in [1.29, 1.82) is 0 Å². The van der Waals surface area contributed by atoms with Gasteiger partial charge in [0.15, 0.2) is 0 Å². The van der Waals surface area contributed by atoms with Crippen LogP contribution in [0.3, 0.4) is 0 Å². The third-order valence-corrected chi connectivity index (χ3v) is 2.57. The summed E-state index contributed by atoms with van der Waals surface area (Å²) in [5.41, 5.74) is 0.770. The molecule has 0 aromatic heterocycles. The molecule has 0 saturated carbocycles. The van der Waals surface area contributed by atoms with E-state index < -0.39 is 11.9 Å². The van der Waals surface area contributed by atoms with Crippen LogP contribution in [-0.4, -0.2) is 23.5 Å². The summed E-state index contributed by atoms with van der Waals surface area (Å²) in [5, 5.41) is 8.80. The molecular weight excluding hydrogens is 194 g/mol. The van der Waals surface area contributed by atoms with Gasteiger partial charge in [-0.05, 0) is 18.6 Å². The Balaban J connectivity index is 2.21. The average Bonchev–Trinajstić information content (AvgIpc) is 2.61. The Bertz CT molecular complexity index is 388. The van der Waals surface area contributed by atoms with Gasteiger partial charge < -0.3 is 10.0 Å². The van der Waals surface area contributed by atoms with Gasteiger partial charge in [0, 0.05) is 12.2 Å². The molecule has 15 heavy (non-hydrogen) atoms. The van der Waals surface area contributed by atoms with Gasteiger partial charge in [0.25, 0.3) is 0 Å². The van der Waals surface area contributed by atoms with Crippen molar-refractivity contribution < 1.29 is 14.7 Å². The van der Waals surface area contributed by atoms with E-state index in [-0.39, 0.29) is 5.91 Å². The average molecular weight is 205 g/mol. The Labute approximate surface area is 87.1 Å². The van der Waals surface area contributed by atoms with Crippen LogP contribution in [0.15, 0.2) is 30.3 Å². The summed E-state index contributed by atoms with van der Waals surface area (Å²) in [7, 11) is 0. The number of benzene rings is 1. The maximum atomic E-state index is 11.7. The van der Waals surface area contributed by atoms with E-state index in [9.17, 15) is 9.59 Å². The molecule has 1 aliphatic rings. The molecule has 0 bridgehead atoms. The number of carbonyl (C=O) groups excluding carboxylic acids is 1. The molecule has 1 N–H and O–H groups in total. The number of carboxylic acid groups (broad SMARTS) is 1. The second-order valence-corrected chi connectivity index (χ2v) is 3.50. The van der Waals surface area contributed by atoms with Crippen molar-refractivity contribution in [3.8, 4) is 0 Å². The lowest BCUT2D eigenvalue weighted by Gasteiger charge is -2.15. The van der Waals surface area contributed by atoms with Crippen LogP contribution in [0.25, 0.3) is 0 Å². The second kappa shape index (κ2) is 3.73. The van der Waals surface area contributed by atoms with Crippen LogP contribution in [0, 0.1) is 5.92 Å². The van der Waals surface area contributed by atoms with Crippen molar-refractivity contribution in [2.75, 3.05) is 11.4 Å². The fourth-order valence-corrected chi connectivity index (χ4v) is 1.77. The Morgan fingerprint density at radius 3 is 2.53 bits per heavy atom. The molecule has 4 nitrogen and oxygen atoms in total. The summed E-state index contributed by atoms with van der Waals surface area (Å²) in [6.45, 7) is 0.486. The van der Waals surface area contributed by atoms with Gasteiger partial charge >= 0.3 is 5.97 Å². The molecule has 0 radical (unpaired) electrons. The summed E-state index contributed by atoms with van der Waals surface area (Å²) in [6.07, 6.45) is 0.392. The van der Waals surface area contributed by atoms with Gasteiger partial charge in [0.05, 0.1) is 0 Å². The van der Waals surface area contributed by atoms with Crippen molar-refractivity contribution in [3.05, 3.63) is 30.3 Å². The minimum Gasteiger partial charge on any atom is -0.481 e. The van der Waals surface area contributed by atoms with E-state index in [1.165, 1.54) is 4.90 Å². The fraction of sp³-hybridized carbons (Fsp3) is 0.273. The van der Waals surface area contributed by atoms with Crippen LogP contribution in [-0.2, 0) is 9.59 Å². The molecule has 0 aliphatic carbocycles. The quantitative estimate of drug-likeness (QED) is 0.736.